The first-order valence-corrected chi connectivity index (χ1v) is 11.0. The van der Waals surface area contributed by atoms with Gasteiger partial charge in [0.25, 0.3) is 0 Å². The fourth-order valence-corrected chi connectivity index (χ4v) is 4.45. The van der Waals surface area contributed by atoms with E-state index in [0.717, 1.165) is 12.8 Å². The zero-order valence-corrected chi connectivity index (χ0v) is 17.0. The first-order valence-electron chi connectivity index (χ1n) is 11.0. The van der Waals surface area contributed by atoms with Crippen molar-refractivity contribution in [2.45, 2.75) is 128 Å². The van der Waals surface area contributed by atoms with Crippen LogP contribution in [-0.2, 0) is 0 Å². The van der Waals surface area contributed by atoms with Crippen LogP contribution in [0.25, 0.3) is 0 Å². The predicted molar refractivity (Wildman–Crippen MR) is 107 cm³/mol. The summed E-state index contributed by atoms with van der Waals surface area (Å²) in [6, 6.07) is 0. The maximum absolute atomic E-state index is 10.5. The summed E-state index contributed by atoms with van der Waals surface area (Å²) < 4.78 is 0. The Morgan fingerprint density at radius 3 is 1.79 bits per heavy atom. The molecular formula is C22H45NO. The smallest absolute Gasteiger partial charge is 0.0557 e. The van der Waals surface area contributed by atoms with Crippen LogP contribution in [0.15, 0.2) is 0 Å². The Labute approximate surface area is 152 Å². The zero-order valence-electron chi connectivity index (χ0n) is 17.0. The second-order valence-corrected chi connectivity index (χ2v) is 8.51. The molecule has 0 bridgehead atoms. The third-order valence-corrected chi connectivity index (χ3v) is 6.24. The standard InChI is InChI=1S/C22H45NO/c1-4-5-6-7-8-9-10-11-12-14-17-21(24)20-22(23(2)3)18-15-13-16-19-22/h21,24H,4-20H2,1-3H3. The van der Waals surface area contributed by atoms with E-state index in [1.165, 1.54) is 96.3 Å². The van der Waals surface area contributed by atoms with Crippen LogP contribution in [-0.4, -0.2) is 35.7 Å². The summed E-state index contributed by atoms with van der Waals surface area (Å²) in [6.07, 6.45) is 22.2. The Kier molecular flexibility index (Phi) is 12.0. The lowest BCUT2D eigenvalue weighted by atomic mass is 9.76. The Bertz CT molecular complexity index is 284. The van der Waals surface area contributed by atoms with Gasteiger partial charge >= 0.3 is 0 Å². The lowest BCUT2D eigenvalue weighted by molar-refractivity contribution is 0.0290. The zero-order chi connectivity index (χ0) is 17.7. The molecule has 1 fully saturated rings. The maximum Gasteiger partial charge on any atom is 0.0557 e. The normalized spacial score (nSPS) is 18.9. The quantitative estimate of drug-likeness (QED) is 0.375. The lowest BCUT2D eigenvalue weighted by Crippen LogP contribution is -2.48. The molecule has 0 saturated heterocycles. The van der Waals surface area contributed by atoms with Crippen molar-refractivity contribution < 1.29 is 5.11 Å². The van der Waals surface area contributed by atoms with E-state index in [1.54, 1.807) is 0 Å². The van der Waals surface area contributed by atoms with Gasteiger partial charge < -0.3 is 10.0 Å². The molecule has 1 aliphatic rings. The molecular weight excluding hydrogens is 294 g/mol. The summed E-state index contributed by atoms with van der Waals surface area (Å²) in [5.41, 5.74) is 0.274. The van der Waals surface area contributed by atoms with Gasteiger partial charge in [-0.25, -0.2) is 0 Å². The fraction of sp³-hybridized carbons (Fsp3) is 1.00. The van der Waals surface area contributed by atoms with Crippen molar-refractivity contribution in [2.75, 3.05) is 14.1 Å². The first-order chi connectivity index (χ1) is 11.6. The van der Waals surface area contributed by atoms with Gasteiger partial charge in [-0.1, -0.05) is 90.4 Å². The summed E-state index contributed by atoms with van der Waals surface area (Å²) in [7, 11) is 4.41. The Morgan fingerprint density at radius 2 is 1.29 bits per heavy atom. The third-order valence-electron chi connectivity index (χ3n) is 6.24. The van der Waals surface area contributed by atoms with E-state index in [1.807, 2.05) is 0 Å². The number of hydrogen-bond donors (Lipinski definition) is 1. The molecule has 0 aromatic rings. The highest BCUT2D eigenvalue weighted by molar-refractivity contribution is 4.92. The van der Waals surface area contributed by atoms with Crippen molar-refractivity contribution in [3.8, 4) is 0 Å². The van der Waals surface area contributed by atoms with Crippen LogP contribution in [0, 0.1) is 0 Å². The van der Waals surface area contributed by atoms with Crippen LogP contribution in [0.4, 0.5) is 0 Å². The van der Waals surface area contributed by atoms with Crippen molar-refractivity contribution in [3.63, 3.8) is 0 Å². The van der Waals surface area contributed by atoms with Gasteiger partial charge in [-0.2, -0.15) is 0 Å². The molecule has 2 nitrogen and oxygen atoms in total. The number of rotatable bonds is 14. The Hall–Kier alpha value is -0.0800. The lowest BCUT2D eigenvalue weighted by Gasteiger charge is -2.44. The molecule has 144 valence electrons. The summed E-state index contributed by atoms with van der Waals surface area (Å²) in [4.78, 5) is 2.40. The highest BCUT2D eigenvalue weighted by atomic mass is 16.3. The van der Waals surface area contributed by atoms with E-state index >= 15 is 0 Å². The number of nitrogens with zero attached hydrogens (tertiary/aromatic N) is 1. The van der Waals surface area contributed by atoms with Gasteiger partial charge in [0.2, 0.25) is 0 Å². The van der Waals surface area contributed by atoms with E-state index in [-0.39, 0.29) is 11.6 Å². The van der Waals surface area contributed by atoms with Gasteiger partial charge in [0.15, 0.2) is 0 Å². The van der Waals surface area contributed by atoms with E-state index in [9.17, 15) is 5.11 Å². The van der Waals surface area contributed by atoms with Crippen LogP contribution in [0.3, 0.4) is 0 Å². The number of aliphatic hydroxyl groups is 1. The van der Waals surface area contributed by atoms with Crippen LogP contribution in [0.1, 0.15) is 116 Å². The molecule has 0 aromatic heterocycles. The topological polar surface area (TPSA) is 23.5 Å². The highest BCUT2D eigenvalue weighted by Gasteiger charge is 2.35. The van der Waals surface area contributed by atoms with Crippen molar-refractivity contribution in [1.29, 1.82) is 0 Å². The Balaban J connectivity index is 2.04. The molecule has 1 rings (SSSR count). The molecule has 1 unspecified atom stereocenters. The summed E-state index contributed by atoms with van der Waals surface area (Å²) in [5, 5.41) is 10.5. The van der Waals surface area contributed by atoms with E-state index in [2.05, 4.69) is 25.9 Å². The molecule has 2 heteroatoms. The number of unbranched alkanes of at least 4 members (excludes halogenated alkanes) is 9. The number of hydrogen-bond acceptors (Lipinski definition) is 2. The predicted octanol–water partition coefficient (Wildman–Crippen LogP) is 6.31. The van der Waals surface area contributed by atoms with Gasteiger partial charge in [-0.15, -0.1) is 0 Å². The fourth-order valence-electron chi connectivity index (χ4n) is 4.45. The molecule has 0 aromatic carbocycles. The minimum atomic E-state index is -0.0976. The monoisotopic (exact) mass is 339 g/mol. The van der Waals surface area contributed by atoms with Gasteiger partial charge in [-0.05, 0) is 39.8 Å². The SMILES string of the molecule is CCCCCCCCCCCCC(O)CC1(N(C)C)CCCCC1. The minimum absolute atomic E-state index is 0.0976. The van der Waals surface area contributed by atoms with Gasteiger partial charge in [0.05, 0.1) is 6.10 Å². The molecule has 0 spiro atoms. The van der Waals surface area contributed by atoms with Crippen LogP contribution >= 0.6 is 0 Å². The average molecular weight is 340 g/mol. The number of aliphatic hydroxyl groups excluding tert-OH is 1. The largest absolute Gasteiger partial charge is 0.393 e. The second kappa shape index (κ2) is 13.2. The summed E-state index contributed by atoms with van der Waals surface area (Å²) in [5.74, 6) is 0. The van der Waals surface area contributed by atoms with Crippen LogP contribution < -0.4 is 0 Å². The maximum atomic E-state index is 10.5. The Morgan fingerprint density at radius 1 is 0.792 bits per heavy atom. The molecule has 1 atom stereocenters. The second-order valence-electron chi connectivity index (χ2n) is 8.51. The molecule has 0 radical (unpaired) electrons. The molecule has 0 amide bonds. The molecule has 24 heavy (non-hydrogen) atoms. The minimum Gasteiger partial charge on any atom is -0.393 e. The van der Waals surface area contributed by atoms with Crippen LogP contribution in [0.5, 0.6) is 0 Å². The molecule has 1 N–H and O–H groups in total. The third kappa shape index (κ3) is 8.85. The van der Waals surface area contributed by atoms with E-state index in [0.29, 0.717) is 0 Å². The van der Waals surface area contributed by atoms with Gasteiger partial charge in [0.1, 0.15) is 0 Å². The van der Waals surface area contributed by atoms with Gasteiger partial charge in [0, 0.05) is 5.54 Å². The van der Waals surface area contributed by atoms with E-state index < -0.39 is 0 Å². The average Bonchev–Trinajstić information content (AvgIpc) is 2.57. The highest BCUT2D eigenvalue weighted by Crippen LogP contribution is 2.36. The first kappa shape index (κ1) is 22.0. The van der Waals surface area contributed by atoms with Gasteiger partial charge in [-0.3, -0.25) is 0 Å². The van der Waals surface area contributed by atoms with Crippen molar-refractivity contribution in [2.24, 2.45) is 0 Å². The van der Waals surface area contributed by atoms with Crippen molar-refractivity contribution in [3.05, 3.63) is 0 Å². The molecule has 0 aliphatic heterocycles. The van der Waals surface area contributed by atoms with Crippen molar-refractivity contribution in [1.82, 2.24) is 4.90 Å². The summed E-state index contributed by atoms with van der Waals surface area (Å²) >= 11 is 0. The van der Waals surface area contributed by atoms with Crippen molar-refractivity contribution >= 4 is 0 Å². The summed E-state index contributed by atoms with van der Waals surface area (Å²) in [6.45, 7) is 2.28. The van der Waals surface area contributed by atoms with E-state index in [4.69, 9.17) is 0 Å². The molecule has 1 aliphatic carbocycles. The van der Waals surface area contributed by atoms with Crippen LogP contribution in [0.2, 0.25) is 0 Å². The molecule has 0 heterocycles. The molecule has 1 saturated carbocycles.